The molecule has 3 rings (SSSR count). The highest BCUT2D eigenvalue weighted by Gasteiger charge is 2.16. The standard InChI is InChI=1S/C22H20N4O2/c1-15(17-11-9-16(14-23)10-12-17)25-22(27)18-6-5-13-24-21(18)26-19-7-3-4-8-20(19)28-2/h3-13,15H,1-2H3,(H,24,26)(H,25,27). The maximum absolute atomic E-state index is 12.8. The molecule has 2 aromatic carbocycles. The Morgan fingerprint density at radius 1 is 1.11 bits per heavy atom. The molecule has 0 spiro atoms. The van der Waals surface area contributed by atoms with Gasteiger partial charge >= 0.3 is 0 Å². The fraction of sp³-hybridized carbons (Fsp3) is 0.136. The topological polar surface area (TPSA) is 87.0 Å². The van der Waals surface area contributed by atoms with E-state index >= 15 is 0 Å². The third kappa shape index (κ3) is 4.27. The lowest BCUT2D eigenvalue weighted by atomic mass is 10.1. The number of nitriles is 1. The first-order valence-electron chi connectivity index (χ1n) is 8.78. The molecule has 0 saturated carbocycles. The van der Waals surface area contributed by atoms with Gasteiger partial charge in [0, 0.05) is 6.20 Å². The summed E-state index contributed by atoms with van der Waals surface area (Å²) >= 11 is 0. The summed E-state index contributed by atoms with van der Waals surface area (Å²) in [6.07, 6.45) is 1.62. The van der Waals surface area contributed by atoms with Crippen molar-refractivity contribution >= 4 is 17.4 Å². The summed E-state index contributed by atoms with van der Waals surface area (Å²) in [6.45, 7) is 1.89. The van der Waals surface area contributed by atoms with Gasteiger partial charge < -0.3 is 15.4 Å². The Morgan fingerprint density at radius 3 is 2.57 bits per heavy atom. The lowest BCUT2D eigenvalue weighted by Gasteiger charge is -2.17. The highest BCUT2D eigenvalue weighted by Crippen LogP contribution is 2.27. The van der Waals surface area contributed by atoms with Crippen LogP contribution in [0.15, 0.2) is 66.9 Å². The predicted octanol–water partition coefficient (Wildman–Crippen LogP) is 4.20. The number of para-hydroxylation sites is 2. The van der Waals surface area contributed by atoms with Gasteiger partial charge in [-0.2, -0.15) is 5.26 Å². The minimum absolute atomic E-state index is 0.223. The fourth-order valence-corrected chi connectivity index (χ4v) is 2.77. The van der Waals surface area contributed by atoms with E-state index in [1.165, 1.54) is 0 Å². The van der Waals surface area contributed by atoms with Gasteiger partial charge in [0.05, 0.1) is 36.0 Å². The van der Waals surface area contributed by atoms with Gasteiger partial charge in [-0.25, -0.2) is 4.98 Å². The van der Waals surface area contributed by atoms with Gasteiger partial charge in [-0.3, -0.25) is 4.79 Å². The van der Waals surface area contributed by atoms with E-state index in [1.807, 2.05) is 43.3 Å². The zero-order valence-electron chi connectivity index (χ0n) is 15.6. The molecule has 6 heteroatoms. The molecular formula is C22H20N4O2. The number of nitrogens with zero attached hydrogens (tertiary/aromatic N) is 2. The van der Waals surface area contributed by atoms with Crippen LogP contribution in [0.1, 0.15) is 34.5 Å². The van der Waals surface area contributed by atoms with Crippen LogP contribution in [-0.2, 0) is 0 Å². The number of methoxy groups -OCH3 is 1. The van der Waals surface area contributed by atoms with Crippen LogP contribution in [0.4, 0.5) is 11.5 Å². The van der Waals surface area contributed by atoms with Crippen LogP contribution in [0.3, 0.4) is 0 Å². The molecule has 1 aromatic heterocycles. The van der Waals surface area contributed by atoms with Crippen molar-refractivity contribution in [3.05, 3.63) is 83.6 Å². The van der Waals surface area contributed by atoms with E-state index in [1.54, 1.807) is 37.6 Å². The predicted molar refractivity (Wildman–Crippen MR) is 108 cm³/mol. The summed E-state index contributed by atoms with van der Waals surface area (Å²) in [6, 6.07) is 19.9. The molecule has 0 aliphatic carbocycles. The van der Waals surface area contributed by atoms with Crippen LogP contribution in [0, 0.1) is 11.3 Å². The number of anilines is 2. The lowest BCUT2D eigenvalue weighted by molar-refractivity contribution is 0.0940. The maximum Gasteiger partial charge on any atom is 0.255 e. The molecule has 3 aromatic rings. The van der Waals surface area contributed by atoms with Crippen molar-refractivity contribution in [1.82, 2.24) is 10.3 Å². The number of hydrogen-bond donors (Lipinski definition) is 2. The van der Waals surface area contributed by atoms with Crippen molar-refractivity contribution in [3.63, 3.8) is 0 Å². The van der Waals surface area contributed by atoms with E-state index in [4.69, 9.17) is 10.00 Å². The number of pyridine rings is 1. The number of hydrogen-bond acceptors (Lipinski definition) is 5. The number of amides is 1. The zero-order valence-corrected chi connectivity index (χ0v) is 15.6. The molecule has 0 aliphatic heterocycles. The first kappa shape index (κ1) is 18.9. The number of ether oxygens (including phenoxy) is 1. The number of rotatable bonds is 6. The molecule has 140 valence electrons. The summed E-state index contributed by atoms with van der Waals surface area (Å²) in [5.41, 5.74) is 2.64. The van der Waals surface area contributed by atoms with Crippen LogP contribution < -0.4 is 15.4 Å². The number of benzene rings is 2. The largest absolute Gasteiger partial charge is 0.495 e. The van der Waals surface area contributed by atoms with E-state index < -0.39 is 0 Å². The average Bonchev–Trinajstić information content (AvgIpc) is 2.74. The van der Waals surface area contributed by atoms with E-state index in [0.29, 0.717) is 22.7 Å². The van der Waals surface area contributed by atoms with E-state index in [2.05, 4.69) is 21.7 Å². The third-order valence-corrected chi connectivity index (χ3v) is 4.30. The number of aromatic nitrogens is 1. The first-order chi connectivity index (χ1) is 13.6. The minimum Gasteiger partial charge on any atom is -0.495 e. The van der Waals surface area contributed by atoms with E-state index in [0.717, 1.165) is 11.3 Å². The Balaban J connectivity index is 1.79. The number of carbonyl (C=O) groups excluding carboxylic acids is 1. The van der Waals surface area contributed by atoms with Gasteiger partial charge in [-0.1, -0.05) is 24.3 Å². The van der Waals surface area contributed by atoms with Crippen molar-refractivity contribution < 1.29 is 9.53 Å². The molecule has 0 bridgehead atoms. The molecule has 1 amide bonds. The summed E-state index contributed by atoms with van der Waals surface area (Å²) in [7, 11) is 1.59. The first-order valence-corrected chi connectivity index (χ1v) is 8.78. The average molecular weight is 372 g/mol. The number of carbonyl (C=O) groups is 1. The van der Waals surface area contributed by atoms with E-state index in [-0.39, 0.29) is 11.9 Å². The summed E-state index contributed by atoms with van der Waals surface area (Å²) < 4.78 is 5.35. The Bertz CT molecular complexity index is 1010. The maximum atomic E-state index is 12.8. The molecule has 6 nitrogen and oxygen atoms in total. The van der Waals surface area contributed by atoms with Crippen LogP contribution in [0.25, 0.3) is 0 Å². The molecule has 28 heavy (non-hydrogen) atoms. The van der Waals surface area contributed by atoms with E-state index in [9.17, 15) is 4.79 Å². The Morgan fingerprint density at radius 2 is 1.86 bits per heavy atom. The Labute approximate surface area is 163 Å². The van der Waals surface area contributed by atoms with Crippen molar-refractivity contribution in [1.29, 1.82) is 5.26 Å². The molecular weight excluding hydrogens is 352 g/mol. The molecule has 0 aliphatic rings. The van der Waals surface area contributed by atoms with Crippen molar-refractivity contribution in [2.45, 2.75) is 13.0 Å². The normalized spacial score (nSPS) is 11.2. The van der Waals surface area contributed by atoms with Gasteiger partial charge in [0.1, 0.15) is 11.6 Å². The summed E-state index contributed by atoms with van der Waals surface area (Å²) in [4.78, 5) is 17.2. The third-order valence-electron chi connectivity index (χ3n) is 4.30. The lowest BCUT2D eigenvalue weighted by Crippen LogP contribution is -2.27. The van der Waals surface area contributed by atoms with Crippen molar-refractivity contribution in [3.8, 4) is 11.8 Å². The monoisotopic (exact) mass is 372 g/mol. The van der Waals surface area contributed by atoms with Crippen molar-refractivity contribution in [2.75, 3.05) is 12.4 Å². The van der Waals surface area contributed by atoms with Gasteiger partial charge in [0.15, 0.2) is 0 Å². The van der Waals surface area contributed by atoms with Gasteiger partial charge in [-0.05, 0) is 48.9 Å². The zero-order chi connectivity index (χ0) is 19.9. The fourth-order valence-electron chi connectivity index (χ4n) is 2.77. The quantitative estimate of drug-likeness (QED) is 0.677. The van der Waals surface area contributed by atoms with Crippen LogP contribution in [-0.4, -0.2) is 18.0 Å². The van der Waals surface area contributed by atoms with Crippen LogP contribution in [0.2, 0.25) is 0 Å². The second-order valence-corrected chi connectivity index (χ2v) is 6.15. The highest BCUT2D eigenvalue weighted by atomic mass is 16.5. The number of nitrogens with one attached hydrogen (secondary N) is 2. The van der Waals surface area contributed by atoms with Crippen LogP contribution >= 0.6 is 0 Å². The molecule has 1 atom stereocenters. The Kier molecular flexibility index (Phi) is 5.87. The molecule has 2 N–H and O–H groups in total. The Hall–Kier alpha value is -3.85. The molecule has 1 unspecified atom stereocenters. The second kappa shape index (κ2) is 8.69. The SMILES string of the molecule is COc1ccccc1Nc1ncccc1C(=O)NC(C)c1ccc(C#N)cc1. The van der Waals surface area contributed by atoms with Crippen LogP contribution in [0.5, 0.6) is 5.75 Å². The van der Waals surface area contributed by atoms with Gasteiger partial charge in [0.2, 0.25) is 0 Å². The smallest absolute Gasteiger partial charge is 0.255 e. The summed E-state index contributed by atoms with van der Waals surface area (Å²) in [5.74, 6) is 0.851. The molecule has 1 heterocycles. The molecule has 0 fully saturated rings. The second-order valence-electron chi connectivity index (χ2n) is 6.15. The van der Waals surface area contributed by atoms with Gasteiger partial charge in [-0.15, -0.1) is 0 Å². The highest BCUT2D eigenvalue weighted by molar-refractivity contribution is 5.99. The molecule has 0 saturated heterocycles. The van der Waals surface area contributed by atoms with Gasteiger partial charge in [0.25, 0.3) is 5.91 Å². The molecule has 0 radical (unpaired) electrons. The van der Waals surface area contributed by atoms with Crippen molar-refractivity contribution in [2.24, 2.45) is 0 Å². The minimum atomic E-state index is -0.248. The summed E-state index contributed by atoms with van der Waals surface area (Å²) in [5, 5.41) is 15.0.